The number of benzene rings is 1. The molecule has 5 nitrogen and oxygen atoms in total. The Hall–Kier alpha value is -1.66. The third-order valence-corrected chi connectivity index (χ3v) is 6.44. The van der Waals surface area contributed by atoms with E-state index in [0.717, 1.165) is 76.8 Å². The third-order valence-electron chi connectivity index (χ3n) is 6.44. The molecule has 0 bridgehead atoms. The summed E-state index contributed by atoms with van der Waals surface area (Å²) in [5, 5.41) is 3.18. The maximum absolute atomic E-state index is 13.6. The lowest BCUT2D eigenvalue weighted by atomic mass is 9.93. The van der Waals surface area contributed by atoms with Gasteiger partial charge in [-0.3, -0.25) is 14.6 Å². The number of piperidine rings is 2. The first-order valence-corrected chi connectivity index (χ1v) is 10.7. The number of halogens is 1. The average Bonchev–Trinajstić information content (AvgIpc) is 3.54. The summed E-state index contributed by atoms with van der Waals surface area (Å²) >= 11 is 0. The van der Waals surface area contributed by atoms with Gasteiger partial charge in [0.1, 0.15) is 0 Å². The predicted octanol–water partition coefficient (Wildman–Crippen LogP) is 2.79. The van der Waals surface area contributed by atoms with Gasteiger partial charge in [0.15, 0.2) is 11.6 Å². The number of nitrogens with one attached hydrogen (secondary N) is 1. The number of likely N-dealkylation sites (tertiary alicyclic amines) is 2. The Morgan fingerprint density at radius 3 is 2.68 bits per heavy atom. The first-order valence-electron chi connectivity index (χ1n) is 10.7. The molecule has 1 saturated carbocycles. The van der Waals surface area contributed by atoms with Gasteiger partial charge in [-0.15, -0.1) is 0 Å². The quantitative estimate of drug-likeness (QED) is 0.813. The van der Waals surface area contributed by atoms with E-state index in [0.29, 0.717) is 17.8 Å². The Morgan fingerprint density at radius 1 is 1.18 bits per heavy atom. The summed E-state index contributed by atoms with van der Waals surface area (Å²) in [5.41, 5.74) is 1.09. The summed E-state index contributed by atoms with van der Waals surface area (Å²) in [6.07, 6.45) is 6.73. The highest BCUT2D eigenvalue weighted by Crippen LogP contribution is 2.27. The zero-order chi connectivity index (χ0) is 19.5. The van der Waals surface area contributed by atoms with Crippen molar-refractivity contribution in [1.82, 2.24) is 15.1 Å². The van der Waals surface area contributed by atoms with Gasteiger partial charge in [0.05, 0.1) is 13.0 Å². The van der Waals surface area contributed by atoms with Crippen molar-refractivity contribution in [3.63, 3.8) is 0 Å². The van der Waals surface area contributed by atoms with Crippen LogP contribution >= 0.6 is 0 Å². The third kappa shape index (κ3) is 4.84. The molecular weight excluding hydrogens is 357 g/mol. The zero-order valence-corrected chi connectivity index (χ0v) is 16.8. The largest absolute Gasteiger partial charge is 0.494 e. The van der Waals surface area contributed by atoms with Gasteiger partial charge in [-0.2, -0.15) is 0 Å². The van der Waals surface area contributed by atoms with Crippen molar-refractivity contribution in [2.45, 2.75) is 57.2 Å². The lowest BCUT2D eigenvalue weighted by Crippen LogP contribution is -2.50. The highest BCUT2D eigenvalue weighted by Gasteiger charge is 2.33. The number of methoxy groups -OCH3 is 1. The molecule has 6 heteroatoms. The molecule has 28 heavy (non-hydrogen) atoms. The minimum atomic E-state index is -0.310. The second-order valence-corrected chi connectivity index (χ2v) is 8.59. The normalized spacial score (nSPS) is 24.9. The Balaban J connectivity index is 1.26. The standard InChI is InChI=1S/C22H32FN3O2/c1-28-21-13-16(4-7-20(21)23)14-25-11-8-19(9-12-25)26-10-2-3-17(15-26)22(27)24-18-5-6-18/h4,7,13,17-19H,2-3,5-6,8-12,14-15H2,1H3,(H,24,27)/t17-/m1/s1. The van der Waals surface area contributed by atoms with Crippen molar-refractivity contribution in [3.05, 3.63) is 29.6 Å². The van der Waals surface area contributed by atoms with Crippen LogP contribution in [0.3, 0.4) is 0 Å². The van der Waals surface area contributed by atoms with Crippen LogP contribution in [-0.4, -0.2) is 61.1 Å². The summed E-state index contributed by atoms with van der Waals surface area (Å²) in [6.45, 7) is 4.95. The lowest BCUT2D eigenvalue weighted by Gasteiger charge is -2.42. The van der Waals surface area contributed by atoms with E-state index in [1.807, 2.05) is 6.07 Å². The number of carbonyl (C=O) groups excluding carboxylic acids is 1. The maximum atomic E-state index is 13.6. The second kappa shape index (κ2) is 8.78. The molecule has 2 saturated heterocycles. The van der Waals surface area contributed by atoms with E-state index in [-0.39, 0.29) is 17.6 Å². The van der Waals surface area contributed by atoms with Gasteiger partial charge in [-0.05, 0) is 75.9 Å². The van der Waals surface area contributed by atoms with Crippen LogP contribution in [0.1, 0.15) is 44.1 Å². The summed E-state index contributed by atoms with van der Waals surface area (Å²) in [7, 11) is 1.50. The fourth-order valence-corrected chi connectivity index (χ4v) is 4.60. The van der Waals surface area contributed by atoms with Gasteiger partial charge < -0.3 is 10.1 Å². The number of rotatable bonds is 6. The summed E-state index contributed by atoms with van der Waals surface area (Å²) in [6, 6.07) is 6.17. The van der Waals surface area contributed by atoms with Crippen LogP contribution in [0.25, 0.3) is 0 Å². The van der Waals surface area contributed by atoms with Crippen LogP contribution in [0.4, 0.5) is 4.39 Å². The van der Waals surface area contributed by atoms with Gasteiger partial charge in [-0.25, -0.2) is 4.39 Å². The molecule has 1 aromatic rings. The summed E-state index contributed by atoms with van der Waals surface area (Å²) in [4.78, 5) is 17.4. The van der Waals surface area contributed by atoms with E-state index in [2.05, 4.69) is 15.1 Å². The van der Waals surface area contributed by atoms with Gasteiger partial charge in [-0.1, -0.05) is 6.07 Å². The van der Waals surface area contributed by atoms with E-state index in [4.69, 9.17) is 4.74 Å². The highest BCUT2D eigenvalue weighted by atomic mass is 19.1. The first-order chi connectivity index (χ1) is 13.6. The molecule has 4 rings (SSSR count). The van der Waals surface area contributed by atoms with Crippen LogP contribution in [-0.2, 0) is 11.3 Å². The fraction of sp³-hybridized carbons (Fsp3) is 0.682. The minimum absolute atomic E-state index is 0.166. The molecule has 154 valence electrons. The molecule has 0 aromatic heterocycles. The van der Waals surface area contributed by atoms with E-state index in [1.54, 1.807) is 6.07 Å². The van der Waals surface area contributed by atoms with Gasteiger partial charge >= 0.3 is 0 Å². The molecule has 0 unspecified atom stereocenters. The lowest BCUT2D eigenvalue weighted by molar-refractivity contribution is -0.127. The van der Waals surface area contributed by atoms with Crippen molar-refractivity contribution in [1.29, 1.82) is 0 Å². The molecule has 2 heterocycles. The van der Waals surface area contributed by atoms with Crippen LogP contribution < -0.4 is 10.1 Å². The maximum Gasteiger partial charge on any atom is 0.224 e. The van der Waals surface area contributed by atoms with Crippen molar-refractivity contribution in [2.75, 3.05) is 33.3 Å². The van der Waals surface area contributed by atoms with Crippen LogP contribution in [0.2, 0.25) is 0 Å². The van der Waals surface area contributed by atoms with E-state index in [9.17, 15) is 9.18 Å². The highest BCUT2D eigenvalue weighted by molar-refractivity contribution is 5.79. The van der Waals surface area contributed by atoms with E-state index >= 15 is 0 Å². The minimum Gasteiger partial charge on any atom is -0.494 e. The second-order valence-electron chi connectivity index (χ2n) is 8.59. The van der Waals surface area contributed by atoms with Gasteiger partial charge in [0.25, 0.3) is 0 Å². The van der Waals surface area contributed by atoms with Crippen molar-refractivity contribution in [3.8, 4) is 5.75 Å². The zero-order valence-electron chi connectivity index (χ0n) is 16.8. The first kappa shape index (κ1) is 19.6. The number of amides is 1. The molecule has 0 radical (unpaired) electrons. The van der Waals surface area contributed by atoms with Gasteiger partial charge in [0, 0.05) is 25.2 Å². The Morgan fingerprint density at radius 2 is 1.96 bits per heavy atom. The van der Waals surface area contributed by atoms with E-state index < -0.39 is 0 Å². The molecular formula is C22H32FN3O2. The number of carbonyl (C=O) groups is 1. The van der Waals surface area contributed by atoms with Crippen LogP contribution in [0.5, 0.6) is 5.75 Å². The predicted molar refractivity (Wildman–Crippen MR) is 107 cm³/mol. The molecule has 1 amide bonds. The molecule has 1 N–H and O–H groups in total. The number of nitrogens with zero attached hydrogens (tertiary/aromatic N) is 2. The average molecular weight is 390 g/mol. The molecule has 2 aliphatic heterocycles. The topological polar surface area (TPSA) is 44.8 Å². The van der Waals surface area contributed by atoms with Crippen LogP contribution in [0, 0.1) is 11.7 Å². The molecule has 3 fully saturated rings. The fourth-order valence-electron chi connectivity index (χ4n) is 4.60. The van der Waals surface area contributed by atoms with Crippen LogP contribution in [0.15, 0.2) is 18.2 Å². The van der Waals surface area contributed by atoms with Crippen molar-refractivity contribution >= 4 is 5.91 Å². The molecule has 3 aliphatic rings. The Bertz CT molecular complexity index is 686. The smallest absolute Gasteiger partial charge is 0.224 e. The number of hydrogen-bond acceptors (Lipinski definition) is 4. The molecule has 1 aromatic carbocycles. The van der Waals surface area contributed by atoms with Crippen molar-refractivity contribution < 1.29 is 13.9 Å². The monoisotopic (exact) mass is 389 g/mol. The summed E-state index contributed by atoms with van der Waals surface area (Å²) in [5.74, 6) is 0.445. The molecule has 0 spiro atoms. The Labute approximate surface area is 167 Å². The van der Waals surface area contributed by atoms with Gasteiger partial charge in [0.2, 0.25) is 5.91 Å². The molecule has 1 aliphatic carbocycles. The summed E-state index contributed by atoms with van der Waals surface area (Å²) < 4.78 is 18.7. The number of hydrogen-bond donors (Lipinski definition) is 1. The van der Waals surface area contributed by atoms with E-state index in [1.165, 1.54) is 13.2 Å². The van der Waals surface area contributed by atoms with Crippen molar-refractivity contribution in [2.24, 2.45) is 5.92 Å². The molecule has 1 atom stereocenters. The SMILES string of the molecule is COc1cc(CN2CCC(N3CCC[C@@H](C(=O)NC4CC4)C3)CC2)ccc1F. The Kier molecular flexibility index (Phi) is 6.16. The number of ether oxygens (including phenoxy) is 1.